The highest BCUT2D eigenvalue weighted by atomic mass is 16.6. The Morgan fingerprint density at radius 3 is 2.08 bits per heavy atom. The first kappa shape index (κ1) is 18.1. The summed E-state index contributed by atoms with van der Waals surface area (Å²) in [6.45, 7) is 1.77. The fourth-order valence-corrected chi connectivity index (χ4v) is 2.20. The van der Waals surface area contributed by atoms with Gasteiger partial charge in [0.05, 0.1) is 4.92 Å². The van der Waals surface area contributed by atoms with E-state index in [1.807, 2.05) is 49.3 Å². The van der Waals surface area contributed by atoms with Gasteiger partial charge in [-0.2, -0.15) is 0 Å². The smallest absolute Gasteiger partial charge is 0.269 e. The average molecular weight is 336 g/mol. The fraction of sp³-hybridized carbons (Fsp3) is 0.150. The number of rotatable bonds is 6. The highest BCUT2D eigenvalue weighted by molar-refractivity contribution is 6.08. The number of anilines is 1. The molecule has 0 N–H and O–H groups in total. The monoisotopic (exact) mass is 336 g/mol. The van der Waals surface area contributed by atoms with Gasteiger partial charge in [-0.25, -0.2) is 0 Å². The van der Waals surface area contributed by atoms with E-state index >= 15 is 0 Å². The second-order valence-electron chi connectivity index (χ2n) is 5.86. The Balaban J connectivity index is 2.07. The quantitative estimate of drug-likeness (QED) is 0.447. The van der Waals surface area contributed by atoms with Crippen molar-refractivity contribution < 1.29 is 9.72 Å². The van der Waals surface area contributed by atoms with Gasteiger partial charge in [0.2, 0.25) is 0 Å². The van der Waals surface area contributed by atoms with Gasteiger partial charge in [0.1, 0.15) is 0 Å². The van der Waals surface area contributed by atoms with E-state index < -0.39 is 4.92 Å². The molecule has 0 saturated heterocycles. The minimum Gasteiger partial charge on any atom is -0.378 e. The summed E-state index contributed by atoms with van der Waals surface area (Å²) in [5, 5.41) is 10.6. The number of nitrogens with zero attached hydrogens (tertiary/aromatic N) is 2. The number of carbonyl (C=O) groups is 1. The lowest BCUT2D eigenvalue weighted by atomic mass is 10.1. The van der Waals surface area contributed by atoms with E-state index in [2.05, 4.69) is 0 Å². The van der Waals surface area contributed by atoms with E-state index in [0.717, 1.165) is 16.8 Å². The Morgan fingerprint density at radius 2 is 1.56 bits per heavy atom. The lowest BCUT2D eigenvalue weighted by Crippen LogP contribution is -2.07. The Labute approximate surface area is 147 Å². The minimum absolute atomic E-state index is 0.0284. The highest BCUT2D eigenvalue weighted by Crippen LogP contribution is 2.16. The number of ketones is 1. The molecule has 2 aromatic rings. The zero-order chi connectivity index (χ0) is 18.4. The number of hydrogen-bond acceptors (Lipinski definition) is 4. The Kier molecular flexibility index (Phi) is 5.84. The summed E-state index contributed by atoms with van der Waals surface area (Å²) in [4.78, 5) is 24.4. The number of non-ortho nitro benzene ring substituents is 1. The van der Waals surface area contributed by atoms with Gasteiger partial charge in [0.15, 0.2) is 5.78 Å². The van der Waals surface area contributed by atoms with Gasteiger partial charge >= 0.3 is 0 Å². The normalized spacial score (nSPS) is 11.6. The van der Waals surface area contributed by atoms with Gasteiger partial charge < -0.3 is 4.90 Å². The van der Waals surface area contributed by atoms with Crippen molar-refractivity contribution in [1.29, 1.82) is 0 Å². The van der Waals surface area contributed by atoms with E-state index in [-0.39, 0.29) is 11.5 Å². The molecule has 0 radical (unpaired) electrons. The second-order valence-corrected chi connectivity index (χ2v) is 5.86. The summed E-state index contributed by atoms with van der Waals surface area (Å²) in [5.74, 6) is -0.102. The summed E-state index contributed by atoms with van der Waals surface area (Å²) >= 11 is 0. The van der Waals surface area contributed by atoms with Crippen molar-refractivity contribution in [3.05, 3.63) is 81.4 Å². The first-order valence-electron chi connectivity index (χ1n) is 7.79. The molecule has 0 spiro atoms. The van der Waals surface area contributed by atoms with E-state index in [1.165, 1.54) is 18.2 Å². The molecule has 128 valence electrons. The van der Waals surface area contributed by atoms with Crippen LogP contribution < -0.4 is 4.90 Å². The van der Waals surface area contributed by atoms with Crippen molar-refractivity contribution in [3.8, 4) is 0 Å². The number of benzene rings is 2. The van der Waals surface area contributed by atoms with Crippen molar-refractivity contribution in [2.45, 2.75) is 6.92 Å². The third-order valence-corrected chi connectivity index (χ3v) is 3.71. The van der Waals surface area contributed by atoms with Gasteiger partial charge in [0, 0.05) is 31.9 Å². The van der Waals surface area contributed by atoms with Crippen LogP contribution in [0.25, 0.3) is 12.2 Å². The van der Waals surface area contributed by atoms with Crippen LogP contribution >= 0.6 is 0 Å². The molecule has 0 aliphatic rings. The fourth-order valence-electron chi connectivity index (χ4n) is 2.20. The van der Waals surface area contributed by atoms with Gasteiger partial charge in [-0.3, -0.25) is 14.9 Å². The summed E-state index contributed by atoms with van der Waals surface area (Å²) < 4.78 is 0. The molecule has 0 aliphatic heterocycles. The standard InChI is InChI=1S/C20H20N2O3/c1-15(14-17-6-9-18(10-7-17)21(2)3)20(23)13-8-16-4-11-19(12-5-16)22(24)25/h4-14H,1-3H3/b13-8+,15-14+. The lowest BCUT2D eigenvalue weighted by Gasteiger charge is -2.11. The molecule has 2 aromatic carbocycles. The second kappa shape index (κ2) is 8.06. The van der Waals surface area contributed by atoms with E-state index in [4.69, 9.17) is 0 Å². The lowest BCUT2D eigenvalue weighted by molar-refractivity contribution is -0.384. The Hall–Kier alpha value is -3.21. The molecule has 0 amide bonds. The van der Waals surface area contributed by atoms with Gasteiger partial charge in [-0.1, -0.05) is 18.2 Å². The van der Waals surface area contributed by atoms with Crippen molar-refractivity contribution in [1.82, 2.24) is 0 Å². The minimum atomic E-state index is -0.451. The first-order valence-corrected chi connectivity index (χ1v) is 7.79. The zero-order valence-electron chi connectivity index (χ0n) is 14.5. The molecule has 2 rings (SSSR count). The van der Waals surface area contributed by atoms with Gasteiger partial charge in [-0.15, -0.1) is 0 Å². The number of hydrogen-bond donors (Lipinski definition) is 0. The molecule has 0 atom stereocenters. The molecular formula is C20H20N2O3. The van der Waals surface area contributed by atoms with E-state index in [9.17, 15) is 14.9 Å². The molecule has 25 heavy (non-hydrogen) atoms. The SMILES string of the molecule is C/C(=C\c1ccc(N(C)C)cc1)C(=O)/C=C/c1ccc([N+](=O)[O-])cc1. The Bertz CT molecular complexity index is 817. The molecule has 0 bridgehead atoms. The maximum absolute atomic E-state index is 12.2. The largest absolute Gasteiger partial charge is 0.378 e. The molecule has 5 nitrogen and oxygen atoms in total. The van der Waals surface area contributed by atoms with Crippen LogP contribution in [-0.4, -0.2) is 24.8 Å². The molecule has 0 aromatic heterocycles. The highest BCUT2D eigenvalue weighted by Gasteiger charge is 2.04. The zero-order valence-corrected chi connectivity index (χ0v) is 14.5. The van der Waals surface area contributed by atoms with Crippen LogP contribution in [0.4, 0.5) is 11.4 Å². The number of carbonyl (C=O) groups excluding carboxylic acids is 1. The van der Waals surface area contributed by atoms with Crippen LogP contribution in [0.3, 0.4) is 0 Å². The predicted molar refractivity (Wildman–Crippen MR) is 102 cm³/mol. The topological polar surface area (TPSA) is 63.5 Å². The van der Waals surface area contributed by atoms with Gasteiger partial charge in [-0.05, 0) is 60.0 Å². The molecular weight excluding hydrogens is 316 g/mol. The summed E-state index contributed by atoms with van der Waals surface area (Å²) in [6.07, 6.45) is 4.96. The molecule has 0 saturated carbocycles. The predicted octanol–water partition coefficient (Wildman–Crippen LogP) is 4.35. The number of nitro groups is 1. The van der Waals surface area contributed by atoms with Crippen molar-refractivity contribution in [2.75, 3.05) is 19.0 Å². The van der Waals surface area contributed by atoms with Crippen LogP contribution in [0.5, 0.6) is 0 Å². The summed E-state index contributed by atoms with van der Waals surface area (Å²) in [6, 6.07) is 14.0. The molecule has 5 heteroatoms. The molecule has 0 heterocycles. The van der Waals surface area contributed by atoms with Crippen LogP contribution in [0.2, 0.25) is 0 Å². The first-order chi connectivity index (χ1) is 11.9. The third-order valence-electron chi connectivity index (χ3n) is 3.71. The van der Waals surface area contributed by atoms with Crippen LogP contribution in [0.15, 0.2) is 60.2 Å². The van der Waals surface area contributed by atoms with Crippen LogP contribution in [-0.2, 0) is 4.79 Å². The Morgan fingerprint density at radius 1 is 1.00 bits per heavy atom. The molecule has 0 fully saturated rings. The summed E-state index contributed by atoms with van der Waals surface area (Å²) in [5.41, 5.74) is 3.44. The number of allylic oxidation sites excluding steroid dienone is 2. The van der Waals surface area contributed by atoms with Gasteiger partial charge in [0.25, 0.3) is 5.69 Å². The van der Waals surface area contributed by atoms with Crippen molar-refractivity contribution in [3.63, 3.8) is 0 Å². The third kappa shape index (κ3) is 5.14. The maximum atomic E-state index is 12.2. The molecule has 0 aliphatic carbocycles. The van der Waals surface area contributed by atoms with E-state index in [0.29, 0.717) is 5.57 Å². The average Bonchev–Trinajstić information content (AvgIpc) is 2.60. The van der Waals surface area contributed by atoms with Crippen LogP contribution in [0, 0.1) is 10.1 Å². The summed E-state index contributed by atoms with van der Waals surface area (Å²) in [7, 11) is 3.95. The van der Waals surface area contributed by atoms with Crippen molar-refractivity contribution >= 4 is 29.3 Å². The van der Waals surface area contributed by atoms with Crippen LogP contribution in [0.1, 0.15) is 18.1 Å². The molecule has 0 unspecified atom stereocenters. The maximum Gasteiger partial charge on any atom is 0.269 e. The van der Waals surface area contributed by atoms with E-state index in [1.54, 1.807) is 25.1 Å². The number of nitro benzene ring substituents is 1. The van der Waals surface area contributed by atoms with Crippen molar-refractivity contribution in [2.24, 2.45) is 0 Å².